The summed E-state index contributed by atoms with van der Waals surface area (Å²) >= 11 is 0. The van der Waals surface area contributed by atoms with Crippen molar-refractivity contribution >= 4 is 17.3 Å². The molecule has 1 aromatic rings. The van der Waals surface area contributed by atoms with Crippen molar-refractivity contribution in [2.24, 2.45) is 5.92 Å². The van der Waals surface area contributed by atoms with Crippen molar-refractivity contribution in [3.8, 4) is 0 Å². The number of hydrogen-bond acceptors (Lipinski definition) is 3. The molecule has 0 fully saturated rings. The third-order valence-corrected chi connectivity index (χ3v) is 3.05. The van der Waals surface area contributed by atoms with Crippen LogP contribution in [0, 0.1) is 21.8 Å². The zero-order chi connectivity index (χ0) is 13.8. The fourth-order valence-corrected chi connectivity index (χ4v) is 2.01. The number of halogens is 1. The monoisotopic (exact) mass is 264 g/mol. The highest BCUT2D eigenvalue weighted by molar-refractivity contribution is 5.93. The van der Waals surface area contributed by atoms with E-state index in [9.17, 15) is 19.3 Å². The molecule has 0 spiro atoms. The number of carbonyl (C=O) groups is 1. The third kappa shape index (κ3) is 3.15. The highest BCUT2D eigenvalue weighted by Gasteiger charge is 2.20. The number of carbonyl (C=O) groups excluding carboxylic acids is 1. The molecule has 1 amide bonds. The summed E-state index contributed by atoms with van der Waals surface area (Å²) in [6.07, 6.45) is 6.23. The number of nitrogens with zero attached hydrogens (tertiary/aromatic N) is 1. The zero-order valence-electron chi connectivity index (χ0n) is 10.1. The standard InChI is InChI=1S/C13H13FN2O3/c14-11-7-6-10(8-12(11)16(18)19)15-13(17)9-4-2-1-3-5-9/h1-2,6-9H,3-5H2,(H,15,17). The summed E-state index contributed by atoms with van der Waals surface area (Å²) in [6, 6.07) is 3.33. The minimum absolute atomic E-state index is 0.130. The van der Waals surface area contributed by atoms with E-state index in [1.165, 1.54) is 6.07 Å². The van der Waals surface area contributed by atoms with Gasteiger partial charge in [0.2, 0.25) is 11.7 Å². The Hall–Kier alpha value is -2.24. The molecule has 1 unspecified atom stereocenters. The van der Waals surface area contributed by atoms with Gasteiger partial charge in [-0.1, -0.05) is 12.2 Å². The Bertz CT molecular complexity index is 543. The number of benzene rings is 1. The van der Waals surface area contributed by atoms with Crippen LogP contribution in [0.5, 0.6) is 0 Å². The first-order valence-corrected chi connectivity index (χ1v) is 5.97. The van der Waals surface area contributed by atoms with E-state index in [0.29, 0.717) is 6.42 Å². The average Bonchev–Trinajstić information content (AvgIpc) is 2.41. The van der Waals surface area contributed by atoms with Gasteiger partial charge in [-0.3, -0.25) is 14.9 Å². The molecule has 1 N–H and O–H groups in total. The number of hydrogen-bond donors (Lipinski definition) is 1. The molecule has 0 saturated heterocycles. The molecular formula is C13H13FN2O3. The maximum Gasteiger partial charge on any atom is 0.306 e. The molecule has 5 nitrogen and oxygen atoms in total. The van der Waals surface area contributed by atoms with E-state index in [-0.39, 0.29) is 17.5 Å². The number of nitro benzene ring substituents is 1. The highest BCUT2D eigenvalue weighted by Crippen LogP contribution is 2.24. The normalized spacial score (nSPS) is 18.1. The molecule has 100 valence electrons. The van der Waals surface area contributed by atoms with E-state index >= 15 is 0 Å². The first-order valence-electron chi connectivity index (χ1n) is 5.97. The van der Waals surface area contributed by atoms with Crippen LogP contribution < -0.4 is 5.32 Å². The van der Waals surface area contributed by atoms with Crippen LogP contribution in [0.15, 0.2) is 30.4 Å². The summed E-state index contributed by atoms with van der Waals surface area (Å²) in [5.74, 6) is -1.23. The molecule has 0 aliphatic heterocycles. The number of allylic oxidation sites excluding steroid dienone is 2. The maximum atomic E-state index is 13.1. The summed E-state index contributed by atoms with van der Waals surface area (Å²) in [5.41, 5.74) is -0.394. The van der Waals surface area contributed by atoms with Gasteiger partial charge in [0.05, 0.1) is 4.92 Å². The smallest absolute Gasteiger partial charge is 0.306 e. The van der Waals surface area contributed by atoms with Crippen LogP contribution in [0.3, 0.4) is 0 Å². The summed E-state index contributed by atoms with van der Waals surface area (Å²) < 4.78 is 13.1. The van der Waals surface area contributed by atoms with Gasteiger partial charge in [-0.25, -0.2) is 0 Å². The lowest BCUT2D eigenvalue weighted by Gasteiger charge is -2.17. The van der Waals surface area contributed by atoms with Crippen LogP contribution >= 0.6 is 0 Å². The second-order valence-electron chi connectivity index (χ2n) is 4.39. The van der Waals surface area contributed by atoms with Gasteiger partial charge in [0.15, 0.2) is 0 Å². The average molecular weight is 264 g/mol. The number of rotatable bonds is 3. The topological polar surface area (TPSA) is 72.2 Å². The van der Waals surface area contributed by atoms with Gasteiger partial charge in [-0.15, -0.1) is 0 Å². The van der Waals surface area contributed by atoms with Gasteiger partial charge >= 0.3 is 5.69 Å². The molecule has 1 aliphatic rings. The summed E-state index contributed by atoms with van der Waals surface area (Å²) in [4.78, 5) is 21.7. The van der Waals surface area contributed by atoms with Crippen molar-refractivity contribution in [1.82, 2.24) is 0 Å². The first-order chi connectivity index (χ1) is 9.08. The van der Waals surface area contributed by atoms with Crippen molar-refractivity contribution < 1.29 is 14.1 Å². The van der Waals surface area contributed by atoms with Gasteiger partial charge in [0.1, 0.15) is 0 Å². The molecule has 1 aliphatic carbocycles. The molecule has 0 aromatic heterocycles. The van der Waals surface area contributed by atoms with E-state index < -0.39 is 16.4 Å². The van der Waals surface area contributed by atoms with Gasteiger partial charge in [0, 0.05) is 17.7 Å². The van der Waals surface area contributed by atoms with Crippen molar-refractivity contribution in [2.75, 3.05) is 5.32 Å². The highest BCUT2D eigenvalue weighted by atomic mass is 19.1. The molecule has 0 saturated carbocycles. The van der Waals surface area contributed by atoms with Crippen molar-refractivity contribution in [2.45, 2.75) is 19.3 Å². The van der Waals surface area contributed by atoms with Crippen LogP contribution in [-0.2, 0) is 4.79 Å². The second kappa shape index (κ2) is 5.60. The molecule has 0 radical (unpaired) electrons. The van der Waals surface area contributed by atoms with E-state index in [4.69, 9.17) is 0 Å². The third-order valence-electron chi connectivity index (χ3n) is 3.05. The molecule has 0 heterocycles. The number of nitro groups is 1. The molecule has 2 rings (SSSR count). The second-order valence-corrected chi connectivity index (χ2v) is 4.39. The largest absolute Gasteiger partial charge is 0.326 e. The minimum atomic E-state index is -0.913. The van der Waals surface area contributed by atoms with Crippen LogP contribution in [0.25, 0.3) is 0 Å². The lowest BCUT2D eigenvalue weighted by atomic mass is 9.93. The van der Waals surface area contributed by atoms with Crippen molar-refractivity contribution in [3.63, 3.8) is 0 Å². The molecule has 1 aromatic carbocycles. The lowest BCUT2D eigenvalue weighted by Crippen LogP contribution is -2.23. The van der Waals surface area contributed by atoms with Crippen LogP contribution in [0.4, 0.5) is 15.8 Å². The molecule has 19 heavy (non-hydrogen) atoms. The summed E-state index contributed by atoms with van der Waals surface area (Å²) in [7, 11) is 0. The van der Waals surface area contributed by atoms with E-state index in [2.05, 4.69) is 5.32 Å². The first kappa shape index (κ1) is 13.2. The lowest BCUT2D eigenvalue weighted by molar-refractivity contribution is -0.387. The Morgan fingerprint density at radius 3 is 2.84 bits per heavy atom. The number of amides is 1. The Balaban J connectivity index is 2.10. The minimum Gasteiger partial charge on any atom is -0.326 e. The van der Waals surface area contributed by atoms with Crippen LogP contribution in [0.2, 0.25) is 0 Å². The fourth-order valence-electron chi connectivity index (χ4n) is 2.01. The van der Waals surface area contributed by atoms with Gasteiger partial charge in [-0.05, 0) is 31.4 Å². The van der Waals surface area contributed by atoms with E-state index in [1.807, 2.05) is 12.2 Å². The number of anilines is 1. The molecule has 1 atom stereocenters. The van der Waals surface area contributed by atoms with E-state index in [1.54, 1.807) is 0 Å². The summed E-state index contributed by atoms with van der Waals surface area (Å²) in [5, 5.41) is 13.2. The predicted octanol–water partition coefficient (Wildman–Crippen LogP) is 3.03. The van der Waals surface area contributed by atoms with Crippen LogP contribution in [-0.4, -0.2) is 10.8 Å². The Kier molecular flexibility index (Phi) is 3.89. The van der Waals surface area contributed by atoms with Crippen LogP contribution in [0.1, 0.15) is 19.3 Å². The molecular weight excluding hydrogens is 251 g/mol. The fraction of sp³-hybridized carbons (Fsp3) is 0.308. The zero-order valence-corrected chi connectivity index (χ0v) is 10.1. The number of nitrogens with one attached hydrogen (secondary N) is 1. The Morgan fingerprint density at radius 1 is 1.42 bits per heavy atom. The van der Waals surface area contributed by atoms with Gasteiger partial charge in [-0.2, -0.15) is 4.39 Å². The Morgan fingerprint density at radius 2 is 2.21 bits per heavy atom. The van der Waals surface area contributed by atoms with E-state index in [0.717, 1.165) is 25.0 Å². The van der Waals surface area contributed by atoms with Crippen molar-refractivity contribution in [3.05, 3.63) is 46.3 Å². The Labute approximate surface area is 109 Å². The quantitative estimate of drug-likeness (QED) is 0.518. The van der Waals surface area contributed by atoms with Crippen molar-refractivity contribution in [1.29, 1.82) is 0 Å². The van der Waals surface area contributed by atoms with Gasteiger partial charge in [0.25, 0.3) is 0 Å². The summed E-state index contributed by atoms with van der Waals surface area (Å²) in [6.45, 7) is 0. The predicted molar refractivity (Wildman–Crippen MR) is 68.2 cm³/mol. The maximum absolute atomic E-state index is 13.1. The molecule has 0 bridgehead atoms. The van der Waals surface area contributed by atoms with Gasteiger partial charge < -0.3 is 5.32 Å². The SMILES string of the molecule is O=C(Nc1ccc(F)c([N+](=O)[O-])c1)C1CC=CCC1. The molecule has 6 heteroatoms.